The van der Waals surface area contributed by atoms with Gasteiger partial charge in [-0.2, -0.15) is 0 Å². The summed E-state index contributed by atoms with van der Waals surface area (Å²) in [4.78, 5) is 36.8. The molecule has 0 saturated carbocycles. The lowest BCUT2D eigenvalue weighted by Crippen LogP contribution is -2.54. The summed E-state index contributed by atoms with van der Waals surface area (Å²) in [6, 6.07) is 0. The van der Waals surface area contributed by atoms with E-state index in [1.807, 2.05) is 5.32 Å². The van der Waals surface area contributed by atoms with Crippen molar-refractivity contribution in [3.8, 4) is 0 Å². The third kappa shape index (κ3) is 3.74. The summed E-state index contributed by atoms with van der Waals surface area (Å²) < 4.78 is -5.65. The highest BCUT2D eigenvalue weighted by atomic mass is 79.9. The Labute approximate surface area is 120 Å². The molecule has 13 nitrogen and oxygen atoms in total. The molecule has 0 radical (unpaired) electrons. The molecule has 0 aliphatic heterocycles. The van der Waals surface area contributed by atoms with E-state index < -0.39 is 41.9 Å². The Balaban J connectivity index is 4.84. The largest absolute Gasteiger partial charge is 0.522 e. The van der Waals surface area contributed by atoms with E-state index in [-0.39, 0.29) is 0 Å². The molecule has 0 amide bonds. The average molecular weight is 411 g/mol. The molecule has 0 heterocycles. The minimum Gasteiger partial charge on any atom is -0.289 e. The number of nitro groups is 4. The van der Waals surface area contributed by atoms with Crippen molar-refractivity contribution in [2.45, 2.75) is 9.14 Å². The second kappa shape index (κ2) is 6.11. The molecule has 0 unspecified atom stereocenters. The van der Waals surface area contributed by atoms with E-state index in [2.05, 4.69) is 31.9 Å². The molecule has 0 saturated heterocycles. The van der Waals surface area contributed by atoms with Crippen LogP contribution in [0, 0.1) is 40.5 Å². The zero-order chi connectivity index (χ0) is 15.4. The van der Waals surface area contributed by atoms with Crippen LogP contribution >= 0.6 is 31.9 Å². The first-order valence-corrected chi connectivity index (χ1v) is 5.73. The molecule has 15 heteroatoms. The summed E-state index contributed by atoms with van der Waals surface area (Å²) in [6.07, 6.45) is 0. The minimum absolute atomic E-state index is 0.998. The first-order chi connectivity index (χ1) is 8.48. The molecule has 0 bridgehead atoms. The van der Waals surface area contributed by atoms with Crippen LogP contribution in [0.25, 0.3) is 0 Å². The first-order valence-electron chi connectivity index (χ1n) is 4.15. The highest BCUT2D eigenvalue weighted by Gasteiger charge is 2.57. The molecular weight excluding hydrogens is 406 g/mol. The maximum absolute atomic E-state index is 10.5. The molecule has 0 aliphatic carbocycles. The van der Waals surface area contributed by atoms with E-state index in [4.69, 9.17) is 0 Å². The van der Waals surface area contributed by atoms with E-state index in [0.29, 0.717) is 0 Å². The zero-order valence-electron chi connectivity index (χ0n) is 8.72. The number of alkyl halides is 2. The monoisotopic (exact) mass is 409 g/mol. The Bertz CT molecular complexity index is 361. The van der Waals surface area contributed by atoms with Gasteiger partial charge in [0.05, 0.1) is 31.9 Å². The average Bonchev–Trinajstić information content (AvgIpc) is 2.27. The lowest BCUT2D eigenvalue weighted by molar-refractivity contribution is -0.760. The van der Waals surface area contributed by atoms with Crippen molar-refractivity contribution in [3.63, 3.8) is 0 Å². The van der Waals surface area contributed by atoms with Crippen LogP contribution in [-0.2, 0) is 0 Å². The predicted octanol–water partition coefficient (Wildman–Crippen LogP) is -0.220. The number of rotatable bonds is 8. The summed E-state index contributed by atoms with van der Waals surface area (Å²) in [5, 5.41) is 43.9. The van der Waals surface area contributed by atoms with Gasteiger partial charge in [-0.3, -0.25) is 45.8 Å². The summed E-state index contributed by atoms with van der Waals surface area (Å²) in [7, 11) is 0. The lowest BCUT2D eigenvalue weighted by atomic mass is 10.4. The molecule has 0 fully saturated rings. The highest BCUT2D eigenvalue weighted by Crippen LogP contribution is 2.21. The van der Waals surface area contributed by atoms with Crippen LogP contribution in [0.1, 0.15) is 0 Å². The van der Waals surface area contributed by atoms with Crippen molar-refractivity contribution in [1.29, 1.82) is 0 Å². The molecule has 1 N–H and O–H groups in total. The van der Waals surface area contributed by atoms with Crippen LogP contribution in [0.5, 0.6) is 0 Å². The summed E-state index contributed by atoms with van der Waals surface area (Å²) in [6.45, 7) is -2.00. The van der Waals surface area contributed by atoms with Gasteiger partial charge in [0.1, 0.15) is 19.7 Å². The standard InChI is InChI=1S/C4H5Br2N5O8/c5-3(8(12)13,9(14)15)1-7-2-4(6,10(16)17)11(18)19/h7H,1-2H2. The summed E-state index contributed by atoms with van der Waals surface area (Å²) in [5.41, 5.74) is 0. The molecule has 108 valence electrons. The van der Waals surface area contributed by atoms with Gasteiger partial charge in [0, 0.05) is 0 Å². The smallest absolute Gasteiger partial charge is 0.289 e. The van der Waals surface area contributed by atoms with Crippen LogP contribution in [0.3, 0.4) is 0 Å². The summed E-state index contributed by atoms with van der Waals surface area (Å²) >= 11 is 4.48. The van der Waals surface area contributed by atoms with E-state index >= 15 is 0 Å². The van der Waals surface area contributed by atoms with Crippen LogP contribution in [-0.4, -0.2) is 41.9 Å². The minimum atomic E-state index is -2.83. The van der Waals surface area contributed by atoms with Crippen molar-refractivity contribution in [2.75, 3.05) is 13.1 Å². The van der Waals surface area contributed by atoms with Gasteiger partial charge in [0.15, 0.2) is 13.1 Å². The molecule has 0 atom stereocenters. The Hall–Kier alpha value is -1.48. The maximum atomic E-state index is 10.5. The predicted molar refractivity (Wildman–Crippen MR) is 64.2 cm³/mol. The van der Waals surface area contributed by atoms with Gasteiger partial charge in [0.2, 0.25) is 0 Å². The van der Waals surface area contributed by atoms with Gasteiger partial charge in [-0.15, -0.1) is 0 Å². The van der Waals surface area contributed by atoms with Crippen molar-refractivity contribution >= 4 is 31.9 Å². The van der Waals surface area contributed by atoms with E-state index in [0.717, 1.165) is 0 Å². The van der Waals surface area contributed by atoms with Gasteiger partial charge in [0.25, 0.3) is 0 Å². The van der Waals surface area contributed by atoms with Crippen molar-refractivity contribution in [3.05, 3.63) is 40.5 Å². The normalized spacial score (nSPS) is 11.9. The second-order valence-corrected chi connectivity index (χ2v) is 5.61. The Morgan fingerprint density at radius 3 is 1.11 bits per heavy atom. The second-order valence-electron chi connectivity index (χ2n) is 3.07. The van der Waals surface area contributed by atoms with E-state index in [1.165, 1.54) is 0 Å². The Morgan fingerprint density at radius 1 is 0.737 bits per heavy atom. The highest BCUT2D eigenvalue weighted by molar-refractivity contribution is 9.10. The molecule has 0 aromatic carbocycles. The number of hydrogen-bond acceptors (Lipinski definition) is 9. The number of halogens is 2. The fourth-order valence-electron chi connectivity index (χ4n) is 0.772. The topological polar surface area (TPSA) is 185 Å². The molecule has 0 aromatic rings. The molecule has 0 spiro atoms. The van der Waals surface area contributed by atoms with Crippen LogP contribution in [0.2, 0.25) is 0 Å². The number of nitrogens with one attached hydrogen (secondary N) is 1. The maximum Gasteiger partial charge on any atom is 0.522 e. The van der Waals surface area contributed by atoms with E-state index in [9.17, 15) is 40.5 Å². The van der Waals surface area contributed by atoms with Crippen LogP contribution in [0.15, 0.2) is 0 Å². The quantitative estimate of drug-likeness (QED) is 0.185. The molecular formula is C4H5Br2N5O8. The summed E-state index contributed by atoms with van der Waals surface area (Å²) in [5.74, 6) is 0. The van der Waals surface area contributed by atoms with Crippen molar-refractivity contribution in [1.82, 2.24) is 5.32 Å². The van der Waals surface area contributed by atoms with Crippen molar-refractivity contribution < 1.29 is 19.7 Å². The first kappa shape index (κ1) is 17.5. The third-order valence-electron chi connectivity index (χ3n) is 1.82. The van der Waals surface area contributed by atoms with Gasteiger partial charge < -0.3 is 0 Å². The van der Waals surface area contributed by atoms with Gasteiger partial charge in [-0.1, -0.05) is 0 Å². The van der Waals surface area contributed by atoms with E-state index in [1.54, 1.807) is 0 Å². The van der Waals surface area contributed by atoms with Gasteiger partial charge >= 0.3 is 9.14 Å². The molecule has 0 aromatic heterocycles. The molecule has 0 aliphatic rings. The zero-order valence-corrected chi connectivity index (χ0v) is 11.9. The Kier molecular flexibility index (Phi) is 5.63. The van der Waals surface area contributed by atoms with Gasteiger partial charge in [-0.05, 0) is 0 Å². The fraction of sp³-hybridized carbons (Fsp3) is 1.00. The Morgan fingerprint density at radius 2 is 0.947 bits per heavy atom. The van der Waals surface area contributed by atoms with Crippen LogP contribution in [0.4, 0.5) is 0 Å². The molecule has 19 heavy (non-hydrogen) atoms. The fourth-order valence-corrected chi connectivity index (χ4v) is 1.17. The van der Waals surface area contributed by atoms with Crippen LogP contribution < -0.4 is 5.32 Å². The third-order valence-corrected chi connectivity index (χ3v) is 3.54. The van der Waals surface area contributed by atoms with Gasteiger partial charge in [-0.25, -0.2) is 0 Å². The van der Waals surface area contributed by atoms with Crippen molar-refractivity contribution in [2.24, 2.45) is 0 Å². The lowest BCUT2D eigenvalue weighted by Gasteiger charge is -2.13. The SMILES string of the molecule is O=[N+]([O-])C(Br)(CNCC(Br)([N+](=O)[O-])[N+](=O)[O-])[N+](=O)[O-]. The molecule has 0 rings (SSSR count). The number of hydrogen-bond donors (Lipinski definition) is 1. The number of nitrogens with zero attached hydrogens (tertiary/aromatic N) is 4.